The summed E-state index contributed by atoms with van der Waals surface area (Å²) in [5.74, 6) is 0.563. The highest BCUT2D eigenvalue weighted by Gasteiger charge is 2.13. The van der Waals surface area contributed by atoms with Crippen LogP contribution in [0.5, 0.6) is 17.2 Å². The first-order valence-electron chi connectivity index (χ1n) is 8.99. The lowest BCUT2D eigenvalue weighted by Crippen LogP contribution is -2.20. The fraction of sp³-hybridized carbons (Fsp3) is 0.333. The summed E-state index contributed by atoms with van der Waals surface area (Å²) >= 11 is 0. The molecule has 0 spiro atoms. The van der Waals surface area contributed by atoms with Gasteiger partial charge in [-0.25, -0.2) is 4.79 Å². The summed E-state index contributed by atoms with van der Waals surface area (Å²) in [5, 5.41) is 2.71. The first-order chi connectivity index (χ1) is 13.6. The minimum Gasteiger partial charge on any atom is -0.493 e. The van der Waals surface area contributed by atoms with Crippen molar-refractivity contribution in [1.82, 2.24) is 0 Å². The summed E-state index contributed by atoms with van der Waals surface area (Å²) in [4.78, 5) is 24.0. The van der Waals surface area contributed by atoms with E-state index in [1.165, 1.54) is 14.2 Å². The van der Waals surface area contributed by atoms with E-state index in [9.17, 15) is 9.59 Å². The van der Waals surface area contributed by atoms with E-state index < -0.39 is 0 Å². The molecule has 7 nitrogen and oxygen atoms in total. The zero-order valence-electron chi connectivity index (χ0n) is 16.3. The first-order valence-corrected chi connectivity index (χ1v) is 8.99. The lowest BCUT2D eigenvalue weighted by molar-refractivity contribution is -0.118. The number of nitrogens with one attached hydrogen (secondary N) is 1. The molecule has 0 saturated carbocycles. The molecule has 2 rings (SSSR count). The third kappa shape index (κ3) is 5.90. The predicted octanol–water partition coefficient (Wildman–Crippen LogP) is 3.68. The summed E-state index contributed by atoms with van der Waals surface area (Å²) in [6.07, 6.45) is 1.79. The number of rotatable bonds is 10. The molecule has 1 N–H and O–H groups in total. The number of anilines is 1. The molecule has 0 unspecified atom stereocenters. The second kappa shape index (κ2) is 10.8. The maximum atomic E-state index is 12.2. The Labute approximate surface area is 164 Å². The molecule has 0 heterocycles. The number of unbranched alkanes of at least 4 members (excludes halogenated alkanes) is 1. The fourth-order valence-electron chi connectivity index (χ4n) is 2.38. The SMILES string of the molecule is CCCCOC(=O)c1ccc(NC(=O)COc2c(OC)cccc2OC)cc1. The number of carbonyl (C=O) groups is 2. The van der Waals surface area contributed by atoms with Gasteiger partial charge in [-0.1, -0.05) is 19.4 Å². The molecule has 2 aromatic carbocycles. The van der Waals surface area contributed by atoms with E-state index in [2.05, 4.69) is 5.32 Å². The van der Waals surface area contributed by atoms with Crippen LogP contribution < -0.4 is 19.5 Å². The zero-order chi connectivity index (χ0) is 20.4. The molecular weight excluding hydrogens is 362 g/mol. The molecule has 0 saturated heterocycles. The van der Waals surface area contributed by atoms with E-state index in [0.29, 0.717) is 35.1 Å². The fourth-order valence-corrected chi connectivity index (χ4v) is 2.38. The van der Waals surface area contributed by atoms with Crippen LogP contribution in [0, 0.1) is 0 Å². The number of amides is 1. The normalized spacial score (nSPS) is 10.1. The number of carbonyl (C=O) groups excluding carboxylic acids is 2. The van der Waals surface area contributed by atoms with Crippen LogP contribution in [0.15, 0.2) is 42.5 Å². The second-order valence-corrected chi connectivity index (χ2v) is 5.90. The number of methoxy groups -OCH3 is 2. The van der Waals surface area contributed by atoms with Gasteiger partial charge in [0.1, 0.15) is 0 Å². The summed E-state index contributed by atoms with van der Waals surface area (Å²) in [7, 11) is 3.02. The van der Waals surface area contributed by atoms with Crippen molar-refractivity contribution in [2.45, 2.75) is 19.8 Å². The van der Waals surface area contributed by atoms with Crippen LogP contribution in [0.1, 0.15) is 30.1 Å². The minimum atomic E-state index is -0.377. The zero-order valence-corrected chi connectivity index (χ0v) is 16.3. The Morgan fingerprint density at radius 2 is 1.61 bits per heavy atom. The molecule has 0 atom stereocenters. The van der Waals surface area contributed by atoms with Crippen molar-refractivity contribution in [3.8, 4) is 17.2 Å². The monoisotopic (exact) mass is 387 g/mol. The second-order valence-electron chi connectivity index (χ2n) is 5.90. The molecule has 28 heavy (non-hydrogen) atoms. The Balaban J connectivity index is 1.91. The van der Waals surface area contributed by atoms with Crippen LogP contribution >= 0.6 is 0 Å². The van der Waals surface area contributed by atoms with E-state index in [-0.39, 0.29) is 18.5 Å². The highest BCUT2D eigenvalue weighted by Crippen LogP contribution is 2.36. The van der Waals surface area contributed by atoms with Gasteiger partial charge in [0.25, 0.3) is 5.91 Å². The Hall–Kier alpha value is -3.22. The van der Waals surface area contributed by atoms with Gasteiger partial charge in [0, 0.05) is 5.69 Å². The summed E-state index contributed by atoms with van der Waals surface area (Å²) < 4.78 is 21.2. The Morgan fingerprint density at radius 1 is 0.964 bits per heavy atom. The maximum absolute atomic E-state index is 12.2. The summed E-state index contributed by atoms with van der Waals surface area (Å²) in [5.41, 5.74) is 0.981. The van der Waals surface area contributed by atoms with Gasteiger partial charge >= 0.3 is 5.97 Å². The average molecular weight is 387 g/mol. The van der Waals surface area contributed by atoms with Gasteiger partial charge in [0.05, 0.1) is 26.4 Å². The summed E-state index contributed by atoms with van der Waals surface area (Å²) in [6, 6.07) is 11.7. The van der Waals surface area contributed by atoms with Crippen molar-refractivity contribution in [2.75, 3.05) is 32.8 Å². The van der Waals surface area contributed by atoms with Crippen molar-refractivity contribution in [3.63, 3.8) is 0 Å². The van der Waals surface area contributed by atoms with Gasteiger partial charge in [-0.3, -0.25) is 4.79 Å². The summed E-state index contributed by atoms with van der Waals surface area (Å²) in [6.45, 7) is 2.20. The third-order valence-corrected chi connectivity index (χ3v) is 3.87. The quantitative estimate of drug-likeness (QED) is 0.495. The van der Waals surface area contributed by atoms with Gasteiger partial charge in [-0.2, -0.15) is 0 Å². The van der Waals surface area contributed by atoms with E-state index in [1.807, 2.05) is 6.92 Å². The van der Waals surface area contributed by atoms with E-state index in [4.69, 9.17) is 18.9 Å². The average Bonchev–Trinajstić information content (AvgIpc) is 2.72. The number of benzene rings is 2. The van der Waals surface area contributed by atoms with E-state index in [0.717, 1.165) is 12.8 Å². The van der Waals surface area contributed by atoms with Crippen LogP contribution in [0.4, 0.5) is 5.69 Å². The number of ether oxygens (including phenoxy) is 4. The molecule has 0 aliphatic carbocycles. The molecular formula is C21H25NO6. The van der Waals surface area contributed by atoms with Crippen molar-refractivity contribution < 1.29 is 28.5 Å². The molecule has 0 aliphatic heterocycles. The van der Waals surface area contributed by atoms with Gasteiger partial charge < -0.3 is 24.3 Å². The topological polar surface area (TPSA) is 83.1 Å². The predicted molar refractivity (Wildman–Crippen MR) is 105 cm³/mol. The molecule has 0 aromatic heterocycles. The van der Waals surface area contributed by atoms with Gasteiger partial charge in [-0.15, -0.1) is 0 Å². The van der Waals surface area contributed by atoms with Gasteiger partial charge in [0.2, 0.25) is 5.75 Å². The molecule has 2 aromatic rings. The van der Waals surface area contributed by atoms with Crippen molar-refractivity contribution in [2.24, 2.45) is 0 Å². The molecule has 0 fully saturated rings. The van der Waals surface area contributed by atoms with Gasteiger partial charge in [0.15, 0.2) is 18.1 Å². The Morgan fingerprint density at radius 3 is 2.18 bits per heavy atom. The molecule has 150 valence electrons. The van der Waals surface area contributed by atoms with E-state index in [1.54, 1.807) is 42.5 Å². The van der Waals surface area contributed by atoms with Crippen molar-refractivity contribution >= 4 is 17.6 Å². The molecule has 7 heteroatoms. The number of hydrogen-bond donors (Lipinski definition) is 1. The third-order valence-electron chi connectivity index (χ3n) is 3.87. The highest BCUT2D eigenvalue weighted by atomic mass is 16.5. The smallest absolute Gasteiger partial charge is 0.338 e. The molecule has 1 amide bonds. The number of esters is 1. The van der Waals surface area contributed by atoms with Crippen molar-refractivity contribution in [3.05, 3.63) is 48.0 Å². The maximum Gasteiger partial charge on any atom is 0.338 e. The van der Waals surface area contributed by atoms with Crippen LogP contribution in [0.25, 0.3) is 0 Å². The van der Waals surface area contributed by atoms with Crippen LogP contribution in [-0.4, -0.2) is 39.3 Å². The standard InChI is InChI=1S/C21H25NO6/c1-4-5-13-27-21(24)15-9-11-16(12-10-15)22-19(23)14-28-20-17(25-2)7-6-8-18(20)26-3/h6-12H,4-5,13-14H2,1-3H3,(H,22,23). The first kappa shape index (κ1) is 21.1. The van der Waals surface area contributed by atoms with Crippen LogP contribution in [0.2, 0.25) is 0 Å². The Kier molecular flexibility index (Phi) is 8.14. The number of hydrogen-bond acceptors (Lipinski definition) is 6. The molecule has 0 bridgehead atoms. The lowest BCUT2D eigenvalue weighted by atomic mass is 10.2. The molecule has 0 aliphatic rings. The largest absolute Gasteiger partial charge is 0.493 e. The van der Waals surface area contributed by atoms with E-state index >= 15 is 0 Å². The van der Waals surface area contributed by atoms with Crippen LogP contribution in [0.3, 0.4) is 0 Å². The molecule has 0 radical (unpaired) electrons. The van der Waals surface area contributed by atoms with Crippen molar-refractivity contribution in [1.29, 1.82) is 0 Å². The number of para-hydroxylation sites is 1. The Bertz CT molecular complexity index is 766. The lowest BCUT2D eigenvalue weighted by Gasteiger charge is -2.14. The minimum absolute atomic E-state index is 0.225. The van der Waals surface area contributed by atoms with Crippen LogP contribution in [-0.2, 0) is 9.53 Å². The highest BCUT2D eigenvalue weighted by molar-refractivity contribution is 5.93. The van der Waals surface area contributed by atoms with Gasteiger partial charge in [-0.05, 0) is 42.8 Å².